The fraction of sp³-hybridized carbons (Fsp3) is 0.267. The summed E-state index contributed by atoms with van der Waals surface area (Å²) in [5.41, 5.74) is 7.03. The minimum Gasteiger partial charge on any atom is -1.00 e. The molecule has 1 aliphatic rings. The monoisotopic (exact) mass is 521 g/mol. The number of benzene rings is 3. The van der Waals surface area contributed by atoms with Crippen molar-refractivity contribution in [3.8, 4) is 11.3 Å². The van der Waals surface area contributed by atoms with E-state index in [1.165, 1.54) is 43.2 Å². The zero-order valence-corrected chi connectivity index (χ0v) is 24.3. The van der Waals surface area contributed by atoms with Crippen molar-refractivity contribution < 1.29 is 40.9 Å². The topological polar surface area (TPSA) is 65.5 Å². The van der Waals surface area contributed by atoms with Crippen LogP contribution in [0.5, 0.6) is 0 Å². The molecule has 5 nitrogen and oxygen atoms in total. The van der Waals surface area contributed by atoms with E-state index in [0.717, 1.165) is 40.2 Å². The maximum absolute atomic E-state index is 11.1. The molecule has 0 aliphatic heterocycles. The number of anilines is 3. The second kappa shape index (κ2) is 12.7. The normalized spacial score (nSPS) is 13.5. The van der Waals surface area contributed by atoms with Crippen LogP contribution in [-0.2, 0) is 6.54 Å². The summed E-state index contributed by atoms with van der Waals surface area (Å²) >= 11 is 1.56. The molecule has 1 aliphatic carbocycles. The first-order valence-electron chi connectivity index (χ1n) is 12.5. The molecule has 3 aromatic carbocycles. The molecule has 0 spiro atoms. The van der Waals surface area contributed by atoms with E-state index in [-0.39, 0.29) is 36.5 Å². The van der Waals surface area contributed by atoms with Gasteiger partial charge >= 0.3 is 35.5 Å². The van der Waals surface area contributed by atoms with Crippen LogP contribution < -0.4 is 39.8 Å². The number of aromatic carboxylic acids is 1. The van der Waals surface area contributed by atoms with Crippen molar-refractivity contribution in [3.05, 3.63) is 94.9 Å². The van der Waals surface area contributed by atoms with Gasteiger partial charge in [-0.25, -0.2) is 9.78 Å². The van der Waals surface area contributed by atoms with Crippen molar-refractivity contribution in [2.75, 3.05) is 17.3 Å². The Kier molecular flexibility index (Phi) is 9.43. The summed E-state index contributed by atoms with van der Waals surface area (Å²) in [7, 11) is 1.94. The molecule has 37 heavy (non-hydrogen) atoms. The van der Waals surface area contributed by atoms with E-state index in [1.54, 1.807) is 35.6 Å². The van der Waals surface area contributed by atoms with Gasteiger partial charge in [-0.2, -0.15) is 0 Å². The van der Waals surface area contributed by atoms with E-state index < -0.39 is 5.97 Å². The number of hydrogen-bond acceptors (Lipinski definition) is 5. The third-order valence-electron chi connectivity index (χ3n) is 7.01. The number of nitrogens with zero attached hydrogens (tertiary/aromatic N) is 2. The van der Waals surface area contributed by atoms with E-state index in [4.69, 9.17) is 10.1 Å². The van der Waals surface area contributed by atoms with Gasteiger partial charge in [0.1, 0.15) is 0 Å². The fourth-order valence-corrected chi connectivity index (χ4v) is 5.62. The Bertz CT molecular complexity index is 1300. The molecule has 7 heteroatoms. The molecule has 186 valence electrons. The molecule has 0 saturated heterocycles. The molecule has 0 atom stereocenters. The number of carboxylic acid groups (broad SMARTS) is 1. The summed E-state index contributed by atoms with van der Waals surface area (Å²) < 4.78 is 0. The second-order valence-electron chi connectivity index (χ2n) is 9.43. The molecule has 1 saturated carbocycles. The van der Waals surface area contributed by atoms with E-state index in [9.17, 15) is 4.79 Å². The Morgan fingerprint density at radius 2 is 1.68 bits per heavy atom. The smallest absolute Gasteiger partial charge is 1.00 e. The largest absolute Gasteiger partial charge is 1.00 e. The van der Waals surface area contributed by atoms with E-state index in [0.29, 0.717) is 0 Å². The maximum Gasteiger partial charge on any atom is 1.00 e. The maximum atomic E-state index is 11.1. The van der Waals surface area contributed by atoms with Gasteiger partial charge in [-0.3, -0.25) is 0 Å². The SMILES string of the molecule is CN(c1ccc(C(=O)O)cc1)c1nc(-c2ccc(NCc3ccc(C4CCCCC4)cc3)cc2)cs1.[H-].[Na+]. The van der Waals surface area contributed by atoms with Crippen LogP contribution in [0.2, 0.25) is 0 Å². The Morgan fingerprint density at radius 1 is 1.00 bits per heavy atom. The fourth-order valence-electron chi connectivity index (χ4n) is 4.80. The van der Waals surface area contributed by atoms with Crippen LogP contribution in [0.15, 0.2) is 78.2 Å². The third kappa shape index (κ3) is 6.82. The number of carboxylic acids is 1. The average Bonchev–Trinajstić information content (AvgIpc) is 3.43. The first-order chi connectivity index (χ1) is 17.6. The van der Waals surface area contributed by atoms with Crippen LogP contribution in [0.1, 0.15) is 60.9 Å². The summed E-state index contributed by atoms with van der Waals surface area (Å²) in [5.74, 6) is -0.178. The van der Waals surface area contributed by atoms with Crippen LogP contribution in [-0.4, -0.2) is 23.1 Å². The summed E-state index contributed by atoms with van der Waals surface area (Å²) in [6, 6.07) is 24.3. The van der Waals surface area contributed by atoms with Crippen molar-refractivity contribution in [2.45, 2.75) is 44.6 Å². The van der Waals surface area contributed by atoms with Crippen LogP contribution in [0.25, 0.3) is 11.3 Å². The average molecular weight is 522 g/mol. The number of nitrogens with one attached hydrogen (secondary N) is 1. The molecule has 1 heterocycles. The van der Waals surface area contributed by atoms with E-state index in [2.05, 4.69) is 53.8 Å². The van der Waals surface area contributed by atoms with Crippen molar-refractivity contribution >= 4 is 33.8 Å². The molecule has 1 aromatic heterocycles. The summed E-state index contributed by atoms with van der Waals surface area (Å²) in [6.45, 7) is 0.802. The van der Waals surface area contributed by atoms with Crippen LogP contribution >= 0.6 is 11.3 Å². The van der Waals surface area contributed by atoms with Gasteiger partial charge in [-0.05, 0) is 66.3 Å². The van der Waals surface area contributed by atoms with Gasteiger partial charge in [0.2, 0.25) is 0 Å². The van der Waals surface area contributed by atoms with Crippen LogP contribution in [0.3, 0.4) is 0 Å². The molecular weight excluding hydrogens is 489 g/mol. The van der Waals surface area contributed by atoms with Crippen molar-refractivity contribution in [3.63, 3.8) is 0 Å². The standard InChI is InChI=1S/C30H31N3O2S.Na.H/c1-33(27-17-13-25(14-18-27)29(34)35)30-32-28(20-36-30)24-11-15-26(16-12-24)31-19-21-7-9-23(10-8-21)22-5-3-2-4-6-22;;/h7-18,20,22,31H,2-6,19H2,1H3,(H,34,35);;/q;+1;-1. The second-order valence-corrected chi connectivity index (χ2v) is 10.3. The minimum absolute atomic E-state index is 0. The van der Waals surface area contributed by atoms with Gasteiger partial charge in [0.25, 0.3) is 0 Å². The summed E-state index contributed by atoms with van der Waals surface area (Å²) in [6.07, 6.45) is 6.79. The summed E-state index contributed by atoms with van der Waals surface area (Å²) in [4.78, 5) is 17.8. The molecule has 2 N–H and O–H groups in total. The molecule has 0 radical (unpaired) electrons. The van der Waals surface area contributed by atoms with Crippen molar-refractivity contribution in [1.29, 1.82) is 0 Å². The number of thiazole rings is 1. The van der Waals surface area contributed by atoms with Gasteiger partial charge in [0, 0.05) is 35.9 Å². The van der Waals surface area contributed by atoms with Crippen LogP contribution in [0, 0.1) is 0 Å². The molecule has 0 amide bonds. The molecule has 1 fully saturated rings. The Balaban J connectivity index is 0.00000200. The van der Waals surface area contributed by atoms with Crippen LogP contribution in [0.4, 0.5) is 16.5 Å². The van der Waals surface area contributed by atoms with Gasteiger partial charge in [-0.15, -0.1) is 11.3 Å². The Morgan fingerprint density at radius 3 is 2.32 bits per heavy atom. The van der Waals surface area contributed by atoms with Gasteiger partial charge in [0.15, 0.2) is 5.13 Å². The number of aromatic nitrogens is 1. The number of hydrogen-bond donors (Lipinski definition) is 2. The first-order valence-corrected chi connectivity index (χ1v) is 13.4. The third-order valence-corrected chi connectivity index (χ3v) is 7.93. The molecule has 5 rings (SSSR count). The molecule has 0 unspecified atom stereocenters. The minimum atomic E-state index is -0.925. The van der Waals surface area contributed by atoms with Crippen molar-refractivity contribution in [1.82, 2.24) is 4.98 Å². The molecular formula is C30H32N3NaO2S. The van der Waals surface area contributed by atoms with Gasteiger partial charge < -0.3 is 16.7 Å². The van der Waals surface area contributed by atoms with Crippen molar-refractivity contribution in [2.24, 2.45) is 0 Å². The first kappa shape index (κ1) is 27.4. The van der Waals surface area contributed by atoms with Gasteiger partial charge in [0.05, 0.1) is 11.3 Å². The predicted octanol–water partition coefficient (Wildman–Crippen LogP) is 5.05. The van der Waals surface area contributed by atoms with Gasteiger partial charge in [-0.1, -0.05) is 55.7 Å². The zero-order chi connectivity index (χ0) is 24.9. The van der Waals surface area contributed by atoms with E-state index >= 15 is 0 Å². The zero-order valence-electron chi connectivity index (χ0n) is 22.5. The number of rotatable bonds is 8. The Hall–Kier alpha value is -2.64. The summed E-state index contributed by atoms with van der Waals surface area (Å²) in [5, 5.41) is 15.5. The van der Waals surface area contributed by atoms with E-state index in [1.807, 2.05) is 17.3 Å². The number of carbonyl (C=O) groups is 1. The molecule has 0 bridgehead atoms. The molecule has 4 aromatic rings. The Labute approximate surface area is 246 Å². The quantitative estimate of drug-likeness (QED) is 0.318. The predicted molar refractivity (Wildman–Crippen MR) is 150 cm³/mol.